The molecule has 0 saturated carbocycles. The van der Waals surface area contributed by atoms with Crippen LogP contribution in [0.25, 0.3) is 11.1 Å². The topological polar surface area (TPSA) is 56.1 Å². The van der Waals surface area contributed by atoms with Gasteiger partial charge in [0.1, 0.15) is 5.75 Å². The highest BCUT2D eigenvalue weighted by molar-refractivity contribution is 5.94. The average Bonchev–Trinajstić information content (AvgIpc) is 3.31. The van der Waals surface area contributed by atoms with Crippen molar-refractivity contribution in [1.82, 2.24) is 15.1 Å². The van der Waals surface area contributed by atoms with Crippen molar-refractivity contribution in [2.45, 2.75) is 13.1 Å². The van der Waals surface area contributed by atoms with Crippen molar-refractivity contribution in [1.29, 1.82) is 0 Å². The van der Waals surface area contributed by atoms with Gasteiger partial charge in [-0.2, -0.15) is 5.10 Å². The zero-order valence-corrected chi connectivity index (χ0v) is 16.8. The van der Waals surface area contributed by atoms with Gasteiger partial charge in [-0.15, -0.1) is 0 Å². The quantitative estimate of drug-likeness (QED) is 0.498. The molecule has 0 aliphatic rings. The molecule has 0 bridgehead atoms. The lowest BCUT2D eigenvalue weighted by Crippen LogP contribution is -2.23. The second-order valence-electron chi connectivity index (χ2n) is 6.97. The van der Waals surface area contributed by atoms with Gasteiger partial charge in [0, 0.05) is 24.5 Å². The minimum Gasteiger partial charge on any atom is -0.497 e. The first-order valence-electron chi connectivity index (χ1n) is 9.80. The van der Waals surface area contributed by atoms with Crippen molar-refractivity contribution in [2.75, 3.05) is 7.11 Å². The Morgan fingerprint density at radius 1 is 1.00 bits per heavy atom. The second-order valence-corrected chi connectivity index (χ2v) is 6.97. The van der Waals surface area contributed by atoms with Gasteiger partial charge in [-0.1, -0.05) is 54.6 Å². The van der Waals surface area contributed by atoms with Crippen molar-refractivity contribution in [3.63, 3.8) is 0 Å². The predicted molar refractivity (Wildman–Crippen MR) is 117 cm³/mol. The number of ether oxygens (including phenoxy) is 1. The fourth-order valence-corrected chi connectivity index (χ4v) is 3.37. The largest absolute Gasteiger partial charge is 0.497 e. The minimum absolute atomic E-state index is 0.127. The number of carbonyl (C=O) groups is 1. The Morgan fingerprint density at radius 2 is 1.83 bits per heavy atom. The fourth-order valence-electron chi connectivity index (χ4n) is 3.37. The van der Waals surface area contributed by atoms with Gasteiger partial charge in [0.15, 0.2) is 0 Å². The number of methoxy groups -OCH3 is 1. The number of benzene rings is 3. The van der Waals surface area contributed by atoms with Crippen LogP contribution in [0.4, 0.5) is 0 Å². The molecule has 0 saturated heterocycles. The summed E-state index contributed by atoms with van der Waals surface area (Å²) in [5, 5.41) is 7.26. The molecule has 0 aliphatic carbocycles. The third-order valence-corrected chi connectivity index (χ3v) is 4.96. The van der Waals surface area contributed by atoms with Crippen LogP contribution in [0.15, 0.2) is 91.3 Å². The van der Waals surface area contributed by atoms with Crippen molar-refractivity contribution in [3.8, 4) is 16.9 Å². The number of amides is 1. The van der Waals surface area contributed by atoms with Crippen LogP contribution in [0, 0.1) is 0 Å². The molecule has 30 heavy (non-hydrogen) atoms. The van der Waals surface area contributed by atoms with Crippen molar-refractivity contribution >= 4 is 5.91 Å². The molecule has 3 aromatic carbocycles. The SMILES string of the molecule is COc1cccc(C(=O)NCc2ccccc2-c2ccc(Cn3cccn3)cc2)c1. The molecule has 5 heteroatoms. The summed E-state index contributed by atoms with van der Waals surface area (Å²) in [6, 6.07) is 25.6. The molecule has 0 unspecified atom stereocenters. The number of rotatable bonds is 7. The van der Waals surface area contributed by atoms with E-state index in [0.717, 1.165) is 23.2 Å². The van der Waals surface area contributed by atoms with Crippen LogP contribution in [0.2, 0.25) is 0 Å². The second kappa shape index (κ2) is 9.09. The molecule has 0 atom stereocenters. The van der Waals surface area contributed by atoms with Gasteiger partial charge in [-0.25, -0.2) is 0 Å². The van der Waals surface area contributed by atoms with E-state index in [9.17, 15) is 4.79 Å². The summed E-state index contributed by atoms with van der Waals surface area (Å²) < 4.78 is 7.10. The Morgan fingerprint density at radius 3 is 2.60 bits per heavy atom. The van der Waals surface area contributed by atoms with Crippen LogP contribution in [-0.2, 0) is 13.1 Å². The molecule has 0 radical (unpaired) electrons. The maximum absolute atomic E-state index is 12.6. The summed E-state index contributed by atoms with van der Waals surface area (Å²) in [4.78, 5) is 12.6. The molecule has 4 aromatic rings. The Balaban J connectivity index is 1.47. The number of hydrogen-bond donors (Lipinski definition) is 1. The van der Waals surface area contributed by atoms with Crippen LogP contribution in [0.3, 0.4) is 0 Å². The summed E-state index contributed by atoms with van der Waals surface area (Å²) in [5.74, 6) is 0.538. The van der Waals surface area contributed by atoms with Gasteiger partial charge in [0.2, 0.25) is 0 Å². The Kier molecular flexibility index (Phi) is 5.90. The average molecular weight is 397 g/mol. The van der Waals surface area contributed by atoms with Crippen LogP contribution in [0.5, 0.6) is 5.75 Å². The number of aromatic nitrogens is 2. The van der Waals surface area contributed by atoms with Gasteiger partial charge in [-0.3, -0.25) is 9.48 Å². The molecule has 1 amide bonds. The molecular weight excluding hydrogens is 374 g/mol. The molecule has 0 aliphatic heterocycles. The minimum atomic E-state index is -0.127. The zero-order chi connectivity index (χ0) is 20.8. The highest BCUT2D eigenvalue weighted by Gasteiger charge is 2.09. The molecule has 4 rings (SSSR count). The predicted octanol–water partition coefficient (Wildman–Crippen LogP) is 4.54. The first-order chi connectivity index (χ1) is 14.7. The van der Waals surface area contributed by atoms with E-state index >= 15 is 0 Å². The lowest BCUT2D eigenvalue weighted by Gasteiger charge is -2.12. The Hall–Kier alpha value is -3.86. The van der Waals surface area contributed by atoms with Crippen LogP contribution in [0.1, 0.15) is 21.5 Å². The van der Waals surface area contributed by atoms with Gasteiger partial charge < -0.3 is 10.1 Å². The van der Waals surface area contributed by atoms with Gasteiger partial charge in [-0.05, 0) is 46.5 Å². The molecule has 0 fully saturated rings. The summed E-state index contributed by atoms with van der Waals surface area (Å²) in [5.41, 5.74) is 5.05. The van der Waals surface area contributed by atoms with Crippen molar-refractivity contribution in [2.24, 2.45) is 0 Å². The highest BCUT2D eigenvalue weighted by atomic mass is 16.5. The molecule has 1 N–H and O–H groups in total. The third kappa shape index (κ3) is 4.58. The van der Waals surface area contributed by atoms with E-state index in [1.165, 1.54) is 5.56 Å². The lowest BCUT2D eigenvalue weighted by molar-refractivity contribution is 0.0950. The number of nitrogens with zero attached hydrogens (tertiary/aromatic N) is 2. The molecule has 1 heterocycles. The maximum Gasteiger partial charge on any atom is 0.251 e. The third-order valence-electron chi connectivity index (χ3n) is 4.96. The molecule has 5 nitrogen and oxygen atoms in total. The summed E-state index contributed by atoms with van der Waals surface area (Å²) in [6.07, 6.45) is 3.73. The lowest BCUT2D eigenvalue weighted by atomic mass is 9.98. The summed E-state index contributed by atoms with van der Waals surface area (Å²) in [6.45, 7) is 1.19. The fraction of sp³-hybridized carbons (Fsp3) is 0.120. The van der Waals surface area contributed by atoms with Crippen LogP contribution in [-0.4, -0.2) is 22.8 Å². The first kappa shape index (κ1) is 19.5. The number of carbonyl (C=O) groups excluding carboxylic acids is 1. The summed E-state index contributed by atoms with van der Waals surface area (Å²) in [7, 11) is 1.59. The van der Waals surface area contributed by atoms with Gasteiger partial charge in [0.05, 0.1) is 13.7 Å². The highest BCUT2D eigenvalue weighted by Crippen LogP contribution is 2.24. The molecular formula is C25H23N3O2. The number of nitrogens with one attached hydrogen (secondary N) is 1. The van der Waals surface area contributed by atoms with Gasteiger partial charge >= 0.3 is 0 Å². The Bertz CT molecular complexity index is 1120. The summed E-state index contributed by atoms with van der Waals surface area (Å²) >= 11 is 0. The van der Waals surface area contributed by atoms with E-state index in [4.69, 9.17) is 4.74 Å². The smallest absolute Gasteiger partial charge is 0.251 e. The number of hydrogen-bond acceptors (Lipinski definition) is 3. The van der Waals surface area contributed by atoms with E-state index in [0.29, 0.717) is 17.9 Å². The van der Waals surface area contributed by atoms with E-state index in [-0.39, 0.29) is 5.91 Å². The van der Waals surface area contributed by atoms with E-state index in [1.54, 1.807) is 25.4 Å². The van der Waals surface area contributed by atoms with Gasteiger partial charge in [0.25, 0.3) is 5.91 Å². The van der Waals surface area contributed by atoms with Crippen molar-refractivity contribution in [3.05, 3.63) is 108 Å². The standard InChI is InChI=1S/C25H23N3O2/c1-30-23-8-4-7-21(16-23)25(29)26-17-22-6-2-3-9-24(22)20-12-10-19(11-13-20)18-28-15-5-14-27-28/h2-16H,17-18H2,1H3,(H,26,29). The molecule has 0 spiro atoms. The van der Waals surface area contributed by atoms with Crippen molar-refractivity contribution < 1.29 is 9.53 Å². The maximum atomic E-state index is 12.6. The van der Waals surface area contributed by atoms with Crippen LogP contribution < -0.4 is 10.1 Å². The van der Waals surface area contributed by atoms with Crippen LogP contribution >= 0.6 is 0 Å². The Labute approximate surface area is 175 Å². The normalized spacial score (nSPS) is 10.6. The molecule has 150 valence electrons. The van der Waals surface area contributed by atoms with E-state index in [1.807, 2.05) is 47.3 Å². The van der Waals surface area contributed by atoms with E-state index < -0.39 is 0 Å². The van der Waals surface area contributed by atoms with E-state index in [2.05, 4.69) is 40.7 Å². The monoisotopic (exact) mass is 397 g/mol. The zero-order valence-electron chi connectivity index (χ0n) is 16.8. The first-order valence-corrected chi connectivity index (χ1v) is 9.80. The molecule has 1 aromatic heterocycles.